The molecule has 1 atom stereocenters. The van der Waals surface area contributed by atoms with Gasteiger partial charge in [-0.2, -0.15) is 5.01 Å². The van der Waals surface area contributed by atoms with Crippen LogP contribution in [0.15, 0.2) is 90.0 Å². The molecule has 0 unspecified atom stereocenters. The first-order valence-electron chi connectivity index (χ1n) is 10.3. The van der Waals surface area contributed by atoms with E-state index in [4.69, 9.17) is 9.72 Å². The number of pyridine rings is 1. The summed E-state index contributed by atoms with van der Waals surface area (Å²) in [6.45, 7) is 1.40. The molecule has 0 fully saturated rings. The summed E-state index contributed by atoms with van der Waals surface area (Å²) in [5, 5.41) is 17.6. The maximum atomic E-state index is 12.4. The minimum atomic E-state index is -0.828. The van der Waals surface area contributed by atoms with Crippen LogP contribution in [0, 0.1) is 10.1 Å². The van der Waals surface area contributed by atoms with Crippen LogP contribution in [0.25, 0.3) is 22.2 Å². The van der Waals surface area contributed by atoms with Gasteiger partial charge in [0.25, 0.3) is 5.69 Å². The van der Waals surface area contributed by atoms with Crippen molar-refractivity contribution in [2.24, 2.45) is 5.10 Å². The number of rotatable bonds is 4. The van der Waals surface area contributed by atoms with E-state index in [1.54, 1.807) is 12.1 Å². The van der Waals surface area contributed by atoms with Crippen LogP contribution in [0.5, 0.6) is 0 Å². The summed E-state index contributed by atoms with van der Waals surface area (Å²) < 4.78 is 6.16. The number of nitro groups is 1. The molecule has 0 N–H and O–H groups in total. The average Bonchev–Trinajstić information content (AvgIpc) is 3.30. The minimum absolute atomic E-state index is 0.0418. The number of non-ortho nitro benzene ring substituents is 1. The standard InChI is InChI=1S/C25H18N4O4/c1-16(30)28-25(18-11-13-19(14-12-18)29(31)32)33-24(27-28)21-15-23(17-7-3-2-4-8-17)26-22-10-6-5-9-20(21)22/h2-15,25H,1H3/t25-/m0/s1. The number of hydrogen-bond acceptors (Lipinski definition) is 6. The van der Waals surface area contributed by atoms with E-state index in [1.165, 1.54) is 24.1 Å². The van der Waals surface area contributed by atoms with Gasteiger partial charge in [0.1, 0.15) is 0 Å². The quantitative estimate of drug-likeness (QED) is 0.328. The van der Waals surface area contributed by atoms with Crippen molar-refractivity contribution in [3.8, 4) is 11.3 Å². The van der Waals surface area contributed by atoms with E-state index in [-0.39, 0.29) is 17.5 Å². The summed E-state index contributed by atoms with van der Waals surface area (Å²) in [7, 11) is 0. The van der Waals surface area contributed by atoms with Crippen molar-refractivity contribution in [2.45, 2.75) is 13.2 Å². The molecule has 0 saturated heterocycles. The lowest BCUT2D eigenvalue weighted by Gasteiger charge is -2.19. The van der Waals surface area contributed by atoms with Crippen LogP contribution in [0.1, 0.15) is 24.3 Å². The summed E-state index contributed by atoms with van der Waals surface area (Å²) in [4.78, 5) is 27.7. The van der Waals surface area contributed by atoms with E-state index >= 15 is 0 Å². The molecule has 4 aromatic rings. The second kappa shape index (κ2) is 8.16. The van der Waals surface area contributed by atoms with Gasteiger partial charge in [-0.3, -0.25) is 14.9 Å². The molecule has 33 heavy (non-hydrogen) atoms. The summed E-state index contributed by atoms with van der Waals surface area (Å²) in [5.74, 6) is -0.0284. The van der Waals surface area contributed by atoms with Crippen LogP contribution in [-0.4, -0.2) is 26.7 Å². The molecule has 2 heterocycles. The highest BCUT2D eigenvalue weighted by molar-refractivity contribution is 6.08. The number of nitro benzene ring substituents is 1. The minimum Gasteiger partial charge on any atom is -0.446 e. The fraction of sp³-hybridized carbons (Fsp3) is 0.0800. The number of carbonyl (C=O) groups is 1. The van der Waals surface area contributed by atoms with Crippen LogP contribution in [0.4, 0.5) is 5.69 Å². The summed E-state index contributed by atoms with van der Waals surface area (Å²) in [5.41, 5.74) is 3.71. The second-order valence-electron chi connectivity index (χ2n) is 7.53. The second-order valence-corrected chi connectivity index (χ2v) is 7.53. The zero-order valence-corrected chi connectivity index (χ0v) is 17.6. The molecule has 162 valence electrons. The summed E-state index contributed by atoms with van der Waals surface area (Å²) in [6.07, 6.45) is -0.828. The monoisotopic (exact) mass is 438 g/mol. The molecule has 0 aliphatic carbocycles. The molecule has 8 heteroatoms. The molecule has 1 amide bonds. The number of amides is 1. The predicted molar refractivity (Wildman–Crippen MR) is 123 cm³/mol. The third-order valence-corrected chi connectivity index (χ3v) is 5.37. The number of nitrogens with zero attached hydrogens (tertiary/aromatic N) is 4. The molecule has 1 aliphatic rings. The fourth-order valence-corrected chi connectivity index (χ4v) is 3.76. The molecule has 0 spiro atoms. The van der Waals surface area contributed by atoms with E-state index in [0.29, 0.717) is 11.1 Å². The number of carbonyl (C=O) groups excluding carboxylic acids is 1. The van der Waals surface area contributed by atoms with E-state index in [0.717, 1.165) is 22.2 Å². The van der Waals surface area contributed by atoms with Crippen molar-refractivity contribution < 1.29 is 14.5 Å². The Morgan fingerprint density at radius 3 is 2.39 bits per heavy atom. The Labute approximate surface area is 188 Å². The van der Waals surface area contributed by atoms with Crippen LogP contribution in [0.3, 0.4) is 0 Å². The summed E-state index contributed by atoms with van der Waals surface area (Å²) >= 11 is 0. The van der Waals surface area contributed by atoms with Crippen LogP contribution < -0.4 is 0 Å². The Morgan fingerprint density at radius 1 is 1.00 bits per heavy atom. The first kappa shape index (κ1) is 20.3. The lowest BCUT2D eigenvalue weighted by molar-refractivity contribution is -0.384. The Morgan fingerprint density at radius 2 is 1.70 bits per heavy atom. The Hall–Kier alpha value is -4.59. The maximum absolute atomic E-state index is 12.4. The SMILES string of the molecule is CC(=O)N1N=C(c2cc(-c3ccccc3)nc3ccccc23)O[C@H]1c1ccc([N+](=O)[O-])cc1. The molecule has 3 aromatic carbocycles. The van der Waals surface area contributed by atoms with Crippen LogP contribution in [-0.2, 0) is 9.53 Å². The van der Waals surface area contributed by atoms with Gasteiger partial charge in [-0.1, -0.05) is 48.5 Å². The Bertz CT molecular complexity index is 1400. The van der Waals surface area contributed by atoms with Gasteiger partial charge < -0.3 is 4.74 Å². The van der Waals surface area contributed by atoms with Gasteiger partial charge in [0.15, 0.2) is 0 Å². The molecule has 8 nitrogen and oxygen atoms in total. The molecular formula is C25H18N4O4. The van der Waals surface area contributed by atoms with Gasteiger partial charge >= 0.3 is 0 Å². The van der Waals surface area contributed by atoms with Crippen LogP contribution in [0.2, 0.25) is 0 Å². The van der Waals surface area contributed by atoms with Gasteiger partial charge in [-0.15, -0.1) is 5.10 Å². The van der Waals surface area contributed by atoms with Crippen molar-refractivity contribution in [2.75, 3.05) is 0 Å². The van der Waals surface area contributed by atoms with Gasteiger partial charge in [-0.25, -0.2) is 4.98 Å². The fourth-order valence-electron chi connectivity index (χ4n) is 3.76. The van der Waals surface area contributed by atoms with Crippen molar-refractivity contribution in [3.63, 3.8) is 0 Å². The topological polar surface area (TPSA) is 97.9 Å². The zero-order chi connectivity index (χ0) is 22.9. The molecule has 5 rings (SSSR count). The Balaban J connectivity index is 1.60. The third kappa shape index (κ3) is 3.78. The van der Waals surface area contributed by atoms with Crippen molar-refractivity contribution >= 4 is 28.4 Å². The number of fused-ring (bicyclic) bond motifs is 1. The van der Waals surface area contributed by atoms with Gasteiger partial charge in [0.05, 0.1) is 16.1 Å². The first-order chi connectivity index (χ1) is 16.0. The number of para-hydroxylation sites is 1. The zero-order valence-electron chi connectivity index (χ0n) is 17.6. The lowest BCUT2D eigenvalue weighted by atomic mass is 10.0. The molecule has 1 aromatic heterocycles. The summed E-state index contributed by atoms with van der Waals surface area (Å²) in [6, 6.07) is 25.2. The van der Waals surface area contributed by atoms with Gasteiger partial charge in [-0.05, 0) is 24.3 Å². The predicted octanol–water partition coefficient (Wildman–Crippen LogP) is 5.05. The average molecular weight is 438 g/mol. The van der Waals surface area contributed by atoms with Gasteiger partial charge in [0, 0.05) is 41.1 Å². The van der Waals surface area contributed by atoms with Crippen molar-refractivity contribution in [1.29, 1.82) is 0 Å². The molecule has 0 radical (unpaired) electrons. The maximum Gasteiger partial charge on any atom is 0.269 e. The smallest absolute Gasteiger partial charge is 0.269 e. The molecule has 1 aliphatic heterocycles. The number of hydrazone groups is 1. The highest BCUT2D eigenvalue weighted by Crippen LogP contribution is 2.34. The first-order valence-corrected chi connectivity index (χ1v) is 10.3. The Kier molecular flexibility index (Phi) is 5.02. The van der Waals surface area contributed by atoms with E-state index in [9.17, 15) is 14.9 Å². The number of hydrogen-bond donors (Lipinski definition) is 0. The van der Waals surface area contributed by atoms with E-state index < -0.39 is 11.2 Å². The third-order valence-electron chi connectivity index (χ3n) is 5.37. The highest BCUT2D eigenvalue weighted by atomic mass is 16.6. The van der Waals surface area contributed by atoms with Gasteiger partial charge in [0.2, 0.25) is 18.0 Å². The van der Waals surface area contributed by atoms with Crippen LogP contribution >= 0.6 is 0 Å². The lowest BCUT2D eigenvalue weighted by Crippen LogP contribution is -2.25. The highest BCUT2D eigenvalue weighted by Gasteiger charge is 2.34. The molecule has 0 saturated carbocycles. The molecular weight excluding hydrogens is 420 g/mol. The number of ether oxygens (including phenoxy) is 1. The van der Waals surface area contributed by atoms with E-state index in [1.807, 2.05) is 60.7 Å². The van der Waals surface area contributed by atoms with E-state index in [2.05, 4.69) is 5.10 Å². The molecule has 0 bridgehead atoms. The largest absolute Gasteiger partial charge is 0.446 e. The van der Waals surface area contributed by atoms with Crippen molar-refractivity contribution in [1.82, 2.24) is 9.99 Å². The number of aromatic nitrogens is 1. The normalized spacial score (nSPS) is 15.2. The number of benzene rings is 3. The van der Waals surface area contributed by atoms with Crippen molar-refractivity contribution in [3.05, 3.63) is 106 Å².